The van der Waals surface area contributed by atoms with E-state index < -0.39 is 20.9 Å². The molecule has 0 rings (SSSR count). The molecule has 0 fully saturated rings. The van der Waals surface area contributed by atoms with Gasteiger partial charge in [-0.25, -0.2) is 8.78 Å². The molecule has 0 aliphatic rings. The van der Waals surface area contributed by atoms with Crippen LogP contribution in [0.2, 0.25) is 0 Å². The summed E-state index contributed by atoms with van der Waals surface area (Å²) in [6.45, 7) is 0. The molecule has 0 amide bonds. The second-order valence-corrected chi connectivity index (χ2v) is 2.55. The Kier molecular flexibility index (Phi) is 10.1. The van der Waals surface area contributed by atoms with Gasteiger partial charge in [0.05, 0.1) is 0 Å². The standard InChI is InChI=1S/C3H7F2O2P.Na/c4-3(5)1-2-8(6)7;/h3,8H,1-2H2,(H,6,7);/q;+1/p-1. The molecule has 0 bridgehead atoms. The Balaban J connectivity index is 0. The average molecular weight is 166 g/mol. The quantitative estimate of drug-likeness (QED) is 0.343. The first-order chi connectivity index (χ1) is 3.63. The van der Waals surface area contributed by atoms with Crippen molar-refractivity contribution < 1.29 is 47.8 Å². The van der Waals surface area contributed by atoms with Gasteiger partial charge in [0.25, 0.3) is 0 Å². The minimum absolute atomic E-state index is 0. The zero-order valence-electron chi connectivity index (χ0n) is 5.06. The fourth-order valence-electron chi connectivity index (χ4n) is 0.227. The molecule has 50 valence electrons. The molecule has 2 nitrogen and oxygen atoms in total. The van der Waals surface area contributed by atoms with Crippen molar-refractivity contribution in [2.75, 3.05) is 6.16 Å². The normalized spacial score (nSPS) is 12.9. The fourth-order valence-corrected chi connectivity index (χ4v) is 0.681. The van der Waals surface area contributed by atoms with Crippen molar-refractivity contribution in [1.82, 2.24) is 0 Å². The largest absolute Gasteiger partial charge is 1.00 e. The summed E-state index contributed by atoms with van der Waals surface area (Å²) >= 11 is 0. The maximum Gasteiger partial charge on any atom is 1.00 e. The van der Waals surface area contributed by atoms with Crippen molar-refractivity contribution in [3.63, 3.8) is 0 Å². The van der Waals surface area contributed by atoms with Gasteiger partial charge >= 0.3 is 29.6 Å². The van der Waals surface area contributed by atoms with Gasteiger partial charge in [0.15, 0.2) is 0 Å². The molecule has 0 aromatic rings. The predicted octanol–water partition coefficient (Wildman–Crippen LogP) is -2.52. The second-order valence-electron chi connectivity index (χ2n) is 1.30. The van der Waals surface area contributed by atoms with Crippen molar-refractivity contribution in [3.05, 3.63) is 0 Å². The third-order valence-corrected chi connectivity index (χ3v) is 1.26. The van der Waals surface area contributed by atoms with Crippen LogP contribution < -0.4 is 34.5 Å². The van der Waals surface area contributed by atoms with Gasteiger partial charge in [-0.1, -0.05) is 0 Å². The number of rotatable bonds is 3. The van der Waals surface area contributed by atoms with Gasteiger partial charge in [0.1, 0.15) is 0 Å². The van der Waals surface area contributed by atoms with Crippen LogP contribution in [0, 0.1) is 0 Å². The molecule has 0 saturated carbocycles. The molecule has 0 aromatic heterocycles. The summed E-state index contributed by atoms with van der Waals surface area (Å²) in [6.07, 6.45) is -3.39. The van der Waals surface area contributed by atoms with E-state index in [-0.39, 0.29) is 35.7 Å². The van der Waals surface area contributed by atoms with Crippen molar-refractivity contribution in [2.24, 2.45) is 0 Å². The van der Waals surface area contributed by atoms with E-state index in [0.717, 1.165) is 0 Å². The number of halogens is 2. The van der Waals surface area contributed by atoms with Gasteiger partial charge in [-0.15, -0.1) is 0 Å². The number of alkyl halides is 2. The zero-order chi connectivity index (χ0) is 6.57. The van der Waals surface area contributed by atoms with Crippen LogP contribution in [0.5, 0.6) is 0 Å². The average Bonchev–Trinajstić information content (AvgIpc) is 1.61. The summed E-state index contributed by atoms with van der Waals surface area (Å²) in [4.78, 5) is 9.64. The van der Waals surface area contributed by atoms with Crippen molar-refractivity contribution in [1.29, 1.82) is 0 Å². The first-order valence-corrected chi connectivity index (χ1v) is 3.63. The smallest absolute Gasteiger partial charge is 0.802 e. The predicted molar refractivity (Wildman–Crippen MR) is 24.5 cm³/mol. The molecule has 0 aliphatic carbocycles. The Bertz CT molecular complexity index is 89.9. The van der Waals surface area contributed by atoms with Crippen LogP contribution in [-0.2, 0) is 4.57 Å². The Hall–Kier alpha value is 1.05. The molecular weight excluding hydrogens is 160 g/mol. The molecule has 1 atom stereocenters. The Labute approximate surface area is 74.8 Å². The molecule has 6 heteroatoms. The van der Waals surface area contributed by atoms with Crippen LogP contribution in [-0.4, -0.2) is 12.6 Å². The van der Waals surface area contributed by atoms with Crippen LogP contribution in [0.15, 0.2) is 0 Å². The van der Waals surface area contributed by atoms with Crippen LogP contribution >= 0.6 is 8.03 Å². The van der Waals surface area contributed by atoms with Gasteiger partial charge < -0.3 is 9.46 Å². The molecule has 0 aliphatic heterocycles. The monoisotopic (exact) mass is 166 g/mol. The van der Waals surface area contributed by atoms with Crippen molar-refractivity contribution >= 4 is 8.03 Å². The summed E-state index contributed by atoms with van der Waals surface area (Å²) in [6, 6.07) is 0. The van der Waals surface area contributed by atoms with E-state index >= 15 is 0 Å². The van der Waals surface area contributed by atoms with E-state index in [9.17, 15) is 18.2 Å². The summed E-state index contributed by atoms with van der Waals surface area (Å²) < 4.78 is 31.9. The van der Waals surface area contributed by atoms with E-state index in [1.807, 2.05) is 0 Å². The summed E-state index contributed by atoms with van der Waals surface area (Å²) in [5.41, 5.74) is 0. The third kappa shape index (κ3) is 12.3. The maximum absolute atomic E-state index is 11.1. The van der Waals surface area contributed by atoms with Gasteiger partial charge in [-0.3, -0.25) is 0 Å². The first-order valence-electron chi connectivity index (χ1n) is 2.11. The number of hydrogen-bond donors (Lipinski definition) is 0. The minimum Gasteiger partial charge on any atom is -0.802 e. The van der Waals surface area contributed by atoms with Crippen LogP contribution in [0.1, 0.15) is 6.42 Å². The van der Waals surface area contributed by atoms with Crippen LogP contribution in [0.4, 0.5) is 8.78 Å². The van der Waals surface area contributed by atoms with Gasteiger partial charge in [0, 0.05) is 14.4 Å². The molecule has 9 heavy (non-hydrogen) atoms. The van der Waals surface area contributed by atoms with Gasteiger partial charge in [-0.05, 0) is 6.16 Å². The topological polar surface area (TPSA) is 40.1 Å². The zero-order valence-corrected chi connectivity index (χ0v) is 8.06. The summed E-state index contributed by atoms with van der Waals surface area (Å²) in [7, 11) is -2.91. The Morgan fingerprint density at radius 3 is 2.11 bits per heavy atom. The SMILES string of the molecule is O=[PH]([O-])CCC(F)F.[Na+]. The fraction of sp³-hybridized carbons (Fsp3) is 1.00. The minimum atomic E-state index is -2.91. The van der Waals surface area contributed by atoms with Gasteiger partial charge in [0.2, 0.25) is 6.43 Å². The Morgan fingerprint density at radius 1 is 1.56 bits per heavy atom. The van der Waals surface area contributed by atoms with E-state index in [4.69, 9.17) is 0 Å². The molecule has 0 saturated heterocycles. The maximum atomic E-state index is 11.1. The van der Waals surface area contributed by atoms with Crippen molar-refractivity contribution in [3.8, 4) is 0 Å². The first kappa shape index (κ1) is 12.7. The molecule has 0 spiro atoms. The molecule has 0 aromatic carbocycles. The van der Waals surface area contributed by atoms with Gasteiger partial charge in [-0.2, -0.15) is 0 Å². The van der Waals surface area contributed by atoms with Crippen molar-refractivity contribution in [2.45, 2.75) is 12.8 Å². The Morgan fingerprint density at radius 2 is 2.00 bits per heavy atom. The molecule has 0 heterocycles. The number of hydrogen-bond acceptors (Lipinski definition) is 2. The second kappa shape index (κ2) is 7.16. The van der Waals surface area contributed by atoms with E-state index in [1.165, 1.54) is 0 Å². The molecule has 0 N–H and O–H groups in total. The van der Waals surface area contributed by atoms with Crippen LogP contribution in [0.25, 0.3) is 0 Å². The molecule has 0 radical (unpaired) electrons. The summed E-state index contributed by atoms with van der Waals surface area (Å²) in [5.74, 6) is 0. The molecular formula is C3H6F2NaO2P. The van der Waals surface area contributed by atoms with E-state index in [2.05, 4.69) is 0 Å². The third-order valence-electron chi connectivity index (χ3n) is 0.567. The molecule has 1 unspecified atom stereocenters. The van der Waals surface area contributed by atoms with Crippen LogP contribution in [0.3, 0.4) is 0 Å². The van der Waals surface area contributed by atoms with E-state index in [1.54, 1.807) is 0 Å². The van der Waals surface area contributed by atoms with E-state index in [0.29, 0.717) is 0 Å². The summed E-state index contributed by atoms with van der Waals surface area (Å²) in [5, 5.41) is 0.